The molecule has 0 saturated heterocycles. The molecule has 1 unspecified atom stereocenters. The number of amides is 1. The first-order chi connectivity index (χ1) is 9.17. The molecular weight excluding hydrogens is 326 g/mol. The number of aliphatic hydroxyl groups is 1. The molecule has 5 heteroatoms. The van der Waals surface area contributed by atoms with Crippen molar-refractivity contribution in [2.45, 2.75) is 37.1 Å². The van der Waals surface area contributed by atoms with Crippen LogP contribution in [0.2, 0.25) is 0 Å². The van der Waals surface area contributed by atoms with Gasteiger partial charge in [0.1, 0.15) is 0 Å². The molecule has 0 fully saturated rings. The van der Waals surface area contributed by atoms with Gasteiger partial charge in [0.15, 0.2) is 0 Å². The summed E-state index contributed by atoms with van der Waals surface area (Å²) >= 11 is 5.15. The van der Waals surface area contributed by atoms with Crippen LogP contribution >= 0.6 is 27.7 Å². The molecule has 3 nitrogen and oxygen atoms in total. The van der Waals surface area contributed by atoms with E-state index in [9.17, 15) is 4.79 Å². The first-order valence-corrected chi connectivity index (χ1v) is 8.22. The number of nitrogens with one attached hydrogen (secondary N) is 1. The van der Waals surface area contributed by atoms with E-state index in [2.05, 4.69) is 21.2 Å². The number of carbonyl (C=O) groups excluding carboxylic acids is 1. The number of thioether (sulfide) groups is 1. The number of rotatable bonds is 8. The minimum atomic E-state index is 0.0554. The van der Waals surface area contributed by atoms with Gasteiger partial charge in [-0.1, -0.05) is 19.1 Å². The molecule has 1 atom stereocenters. The van der Waals surface area contributed by atoms with E-state index in [-0.39, 0.29) is 18.6 Å². The van der Waals surface area contributed by atoms with Crippen LogP contribution in [0.25, 0.3) is 0 Å². The molecule has 1 aromatic rings. The third-order valence-corrected chi connectivity index (χ3v) is 4.79. The molecule has 1 amide bonds. The Kier molecular flexibility index (Phi) is 8.18. The van der Waals surface area contributed by atoms with Crippen molar-refractivity contribution in [3.05, 3.63) is 28.7 Å². The van der Waals surface area contributed by atoms with Crippen molar-refractivity contribution in [1.82, 2.24) is 5.32 Å². The summed E-state index contributed by atoms with van der Waals surface area (Å²) < 4.78 is 1.06. The Hall–Kier alpha value is -0.520. The van der Waals surface area contributed by atoms with E-state index in [4.69, 9.17) is 5.11 Å². The van der Waals surface area contributed by atoms with Crippen LogP contribution in [0, 0.1) is 0 Å². The highest BCUT2D eigenvalue weighted by Crippen LogP contribution is 2.27. The van der Waals surface area contributed by atoms with Crippen LogP contribution in [-0.2, 0) is 4.79 Å². The summed E-state index contributed by atoms with van der Waals surface area (Å²) in [5.74, 6) is 0.809. The molecule has 2 N–H and O–H groups in total. The van der Waals surface area contributed by atoms with Gasteiger partial charge in [0.05, 0.1) is 0 Å². The number of aliphatic hydroxyl groups excluding tert-OH is 1. The standard InChI is InChI=1S/C14H20BrNO2S/c1-2-11(7-9-17)16-14(18)8-10-19-13-6-4-3-5-12(13)15/h3-6,11,17H,2,7-10H2,1H3,(H,16,18). The van der Waals surface area contributed by atoms with Gasteiger partial charge in [0.25, 0.3) is 0 Å². The van der Waals surface area contributed by atoms with Gasteiger partial charge in [-0.15, -0.1) is 11.8 Å². The van der Waals surface area contributed by atoms with E-state index in [1.54, 1.807) is 11.8 Å². The van der Waals surface area contributed by atoms with Gasteiger partial charge in [-0.05, 0) is 40.9 Å². The smallest absolute Gasteiger partial charge is 0.221 e. The summed E-state index contributed by atoms with van der Waals surface area (Å²) in [4.78, 5) is 12.9. The number of hydrogen-bond acceptors (Lipinski definition) is 3. The highest BCUT2D eigenvalue weighted by atomic mass is 79.9. The average Bonchev–Trinajstić information content (AvgIpc) is 2.40. The molecule has 0 aliphatic heterocycles. The van der Waals surface area contributed by atoms with Crippen molar-refractivity contribution in [2.24, 2.45) is 0 Å². The molecule has 1 aromatic carbocycles. The van der Waals surface area contributed by atoms with Crippen LogP contribution in [0.5, 0.6) is 0 Å². The molecule has 0 aromatic heterocycles. The van der Waals surface area contributed by atoms with Gasteiger partial charge >= 0.3 is 0 Å². The lowest BCUT2D eigenvalue weighted by Crippen LogP contribution is -2.35. The number of benzene rings is 1. The Balaban J connectivity index is 2.29. The third kappa shape index (κ3) is 6.45. The van der Waals surface area contributed by atoms with E-state index < -0.39 is 0 Å². The van der Waals surface area contributed by atoms with Crippen molar-refractivity contribution < 1.29 is 9.90 Å². The van der Waals surface area contributed by atoms with E-state index in [0.717, 1.165) is 21.5 Å². The SMILES string of the molecule is CCC(CCO)NC(=O)CCSc1ccccc1Br. The van der Waals surface area contributed by atoms with E-state index in [0.29, 0.717) is 12.8 Å². The molecule has 0 heterocycles. The van der Waals surface area contributed by atoms with Crippen LogP contribution in [0.1, 0.15) is 26.2 Å². The lowest BCUT2D eigenvalue weighted by atomic mass is 10.1. The normalized spacial score (nSPS) is 12.2. The van der Waals surface area contributed by atoms with Crippen LogP contribution in [0.4, 0.5) is 0 Å². The summed E-state index contributed by atoms with van der Waals surface area (Å²) in [5, 5.41) is 11.8. The Bertz CT molecular complexity index is 401. The van der Waals surface area contributed by atoms with Gasteiger partial charge in [-0.2, -0.15) is 0 Å². The Morgan fingerprint density at radius 2 is 2.21 bits per heavy atom. The quantitative estimate of drug-likeness (QED) is 0.711. The van der Waals surface area contributed by atoms with E-state index in [1.165, 1.54) is 0 Å². The molecule has 0 radical (unpaired) electrons. The summed E-state index contributed by atoms with van der Waals surface area (Å²) in [7, 11) is 0. The maximum atomic E-state index is 11.7. The highest BCUT2D eigenvalue weighted by Gasteiger charge is 2.09. The van der Waals surface area contributed by atoms with Crippen LogP contribution in [0.3, 0.4) is 0 Å². The van der Waals surface area contributed by atoms with Crippen LogP contribution in [0.15, 0.2) is 33.6 Å². The molecule has 1 rings (SSSR count). The Labute approximate surface area is 127 Å². The van der Waals surface area contributed by atoms with Crippen molar-refractivity contribution in [2.75, 3.05) is 12.4 Å². The molecule has 0 aliphatic rings. The van der Waals surface area contributed by atoms with Crippen molar-refractivity contribution >= 4 is 33.6 Å². The fraction of sp³-hybridized carbons (Fsp3) is 0.500. The predicted molar refractivity (Wildman–Crippen MR) is 83.4 cm³/mol. The topological polar surface area (TPSA) is 49.3 Å². The van der Waals surface area contributed by atoms with E-state index >= 15 is 0 Å². The minimum Gasteiger partial charge on any atom is -0.396 e. The molecular formula is C14H20BrNO2S. The lowest BCUT2D eigenvalue weighted by Gasteiger charge is -2.15. The van der Waals surface area contributed by atoms with Crippen LogP contribution < -0.4 is 5.32 Å². The predicted octanol–water partition coefficient (Wildman–Crippen LogP) is 3.21. The molecule has 0 bridgehead atoms. The molecule has 19 heavy (non-hydrogen) atoms. The second-order valence-corrected chi connectivity index (χ2v) is 6.20. The zero-order chi connectivity index (χ0) is 14.1. The highest BCUT2D eigenvalue weighted by molar-refractivity contribution is 9.10. The summed E-state index contributed by atoms with van der Waals surface area (Å²) in [6.45, 7) is 2.13. The number of carbonyl (C=O) groups is 1. The van der Waals surface area contributed by atoms with Gasteiger partial charge in [0.2, 0.25) is 5.91 Å². The average molecular weight is 346 g/mol. The molecule has 0 spiro atoms. The second kappa shape index (κ2) is 9.39. The fourth-order valence-electron chi connectivity index (χ4n) is 1.65. The largest absolute Gasteiger partial charge is 0.396 e. The lowest BCUT2D eigenvalue weighted by molar-refractivity contribution is -0.121. The Morgan fingerprint density at radius 1 is 1.47 bits per heavy atom. The van der Waals surface area contributed by atoms with Gasteiger partial charge in [0, 0.05) is 34.2 Å². The summed E-state index contributed by atoms with van der Waals surface area (Å²) in [5.41, 5.74) is 0. The molecule has 106 valence electrons. The van der Waals surface area contributed by atoms with Gasteiger partial charge in [-0.25, -0.2) is 0 Å². The van der Waals surface area contributed by atoms with Crippen molar-refractivity contribution in [1.29, 1.82) is 0 Å². The fourth-order valence-corrected chi connectivity index (χ4v) is 3.17. The molecule has 0 aliphatic carbocycles. The monoisotopic (exact) mass is 345 g/mol. The zero-order valence-electron chi connectivity index (χ0n) is 11.1. The van der Waals surface area contributed by atoms with Crippen LogP contribution in [-0.4, -0.2) is 29.4 Å². The summed E-state index contributed by atoms with van der Waals surface area (Å²) in [6, 6.07) is 8.08. The van der Waals surface area contributed by atoms with Crippen molar-refractivity contribution in [3.63, 3.8) is 0 Å². The minimum absolute atomic E-state index is 0.0554. The van der Waals surface area contributed by atoms with E-state index in [1.807, 2.05) is 31.2 Å². The summed E-state index contributed by atoms with van der Waals surface area (Å²) in [6.07, 6.45) is 1.97. The van der Waals surface area contributed by atoms with Gasteiger partial charge in [-0.3, -0.25) is 4.79 Å². The maximum absolute atomic E-state index is 11.7. The van der Waals surface area contributed by atoms with Gasteiger partial charge < -0.3 is 10.4 Å². The number of halogens is 1. The first kappa shape index (κ1) is 16.5. The Morgan fingerprint density at radius 3 is 2.84 bits per heavy atom. The second-order valence-electron chi connectivity index (χ2n) is 4.21. The maximum Gasteiger partial charge on any atom is 0.221 e. The first-order valence-electron chi connectivity index (χ1n) is 6.45. The number of hydrogen-bond donors (Lipinski definition) is 2. The molecule has 0 saturated carbocycles. The zero-order valence-corrected chi connectivity index (χ0v) is 13.5. The van der Waals surface area contributed by atoms with Crippen molar-refractivity contribution in [3.8, 4) is 0 Å². The third-order valence-electron chi connectivity index (χ3n) is 2.76.